The van der Waals surface area contributed by atoms with Crippen molar-refractivity contribution in [3.05, 3.63) is 0 Å². The van der Waals surface area contributed by atoms with Gasteiger partial charge in [-0.25, -0.2) is 0 Å². The van der Waals surface area contributed by atoms with Gasteiger partial charge in [0.15, 0.2) is 0 Å². The maximum Gasteiger partial charge on any atom is 0.311 e. The van der Waals surface area contributed by atoms with Crippen LogP contribution in [-0.4, -0.2) is 35.4 Å². The number of hydrogen-bond acceptors (Lipinski definition) is 3. The predicted molar refractivity (Wildman–Crippen MR) is 64.9 cm³/mol. The summed E-state index contributed by atoms with van der Waals surface area (Å²) in [6.07, 6.45) is 1.52. The van der Waals surface area contributed by atoms with E-state index in [-0.39, 0.29) is 17.1 Å². The summed E-state index contributed by atoms with van der Waals surface area (Å²) in [5.41, 5.74) is -1.25. The average Bonchev–Trinajstić information content (AvgIpc) is 2.68. The van der Waals surface area contributed by atoms with Crippen LogP contribution in [0.2, 0.25) is 0 Å². The molecule has 2 unspecified atom stereocenters. The van der Waals surface area contributed by atoms with E-state index < -0.39 is 11.4 Å². The number of carboxylic acids is 1. The number of carbonyl (C=O) groups is 1. The topological polar surface area (TPSA) is 58.6 Å². The molecule has 0 saturated carbocycles. The standard InChI is InChI=1S/C13H23NO3/c1-11(2)7-9(12(3,4)17-11)13(10(15)16)5-6-14-8-13/h9,14H,5-8H2,1-4H3,(H,15,16). The molecule has 4 heteroatoms. The summed E-state index contributed by atoms with van der Waals surface area (Å²) in [6, 6.07) is 0. The smallest absolute Gasteiger partial charge is 0.311 e. The molecule has 2 fully saturated rings. The van der Waals surface area contributed by atoms with E-state index in [0.717, 1.165) is 13.0 Å². The van der Waals surface area contributed by atoms with E-state index in [9.17, 15) is 9.90 Å². The summed E-state index contributed by atoms with van der Waals surface area (Å²) in [7, 11) is 0. The normalized spacial score (nSPS) is 39.4. The van der Waals surface area contributed by atoms with E-state index in [1.165, 1.54) is 0 Å². The molecule has 0 aromatic rings. The lowest BCUT2D eigenvalue weighted by Crippen LogP contribution is -2.47. The second-order valence-corrected chi connectivity index (χ2v) is 6.61. The Labute approximate surface area is 103 Å². The molecule has 0 bridgehead atoms. The lowest BCUT2D eigenvalue weighted by atomic mass is 9.66. The molecule has 17 heavy (non-hydrogen) atoms. The Morgan fingerprint density at radius 3 is 2.35 bits per heavy atom. The zero-order valence-corrected chi connectivity index (χ0v) is 11.2. The SMILES string of the molecule is CC1(C)CC(C2(C(=O)O)CCNC2)C(C)(C)O1. The lowest BCUT2D eigenvalue weighted by molar-refractivity contribution is -0.156. The van der Waals surface area contributed by atoms with Gasteiger partial charge in [0, 0.05) is 12.5 Å². The molecule has 0 aromatic heterocycles. The van der Waals surface area contributed by atoms with Crippen LogP contribution in [0.3, 0.4) is 0 Å². The summed E-state index contributed by atoms with van der Waals surface area (Å²) in [6.45, 7) is 9.50. The Hall–Kier alpha value is -0.610. The van der Waals surface area contributed by atoms with Crippen molar-refractivity contribution in [3.63, 3.8) is 0 Å². The van der Waals surface area contributed by atoms with Crippen LogP contribution >= 0.6 is 0 Å². The Balaban J connectivity index is 2.35. The molecule has 2 heterocycles. The van der Waals surface area contributed by atoms with E-state index in [1.807, 2.05) is 27.7 Å². The number of aliphatic carboxylic acids is 1. The fourth-order valence-corrected chi connectivity index (χ4v) is 3.76. The highest BCUT2D eigenvalue weighted by atomic mass is 16.5. The summed E-state index contributed by atoms with van der Waals surface area (Å²) < 4.78 is 6.05. The van der Waals surface area contributed by atoms with Crippen molar-refractivity contribution in [2.75, 3.05) is 13.1 Å². The Morgan fingerprint density at radius 2 is 2.00 bits per heavy atom. The van der Waals surface area contributed by atoms with Gasteiger partial charge < -0.3 is 15.2 Å². The molecule has 0 amide bonds. The Kier molecular flexibility index (Phi) is 2.79. The van der Waals surface area contributed by atoms with Gasteiger partial charge in [-0.15, -0.1) is 0 Å². The zero-order valence-electron chi connectivity index (χ0n) is 11.2. The maximum absolute atomic E-state index is 11.7. The molecule has 2 atom stereocenters. The van der Waals surface area contributed by atoms with Crippen molar-refractivity contribution >= 4 is 5.97 Å². The molecule has 2 N–H and O–H groups in total. The number of carboxylic acid groups (broad SMARTS) is 1. The zero-order chi connectivity index (χ0) is 12.9. The van der Waals surface area contributed by atoms with Crippen LogP contribution in [0.1, 0.15) is 40.5 Å². The molecule has 0 radical (unpaired) electrons. The minimum Gasteiger partial charge on any atom is -0.481 e. The van der Waals surface area contributed by atoms with E-state index in [2.05, 4.69) is 5.32 Å². The van der Waals surface area contributed by atoms with Gasteiger partial charge in [-0.1, -0.05) is 0 Å². The van der Waals surface area contributed by atoms with Gasteiger partial charge in [0.05, 0.1) is 16.6 Å². The van der Waals surface area contributed by atoms with Gasteiger partial charge in [-0.05, 0) is 47.1 Å². The van der Waals surface area contributed by atoms with Gasteiger partial charge in [-0.3, -0.25) is 4.79 Å². The molecule has 98 valence electrons. The first-order valence-corrected chi connectivity index (χ1v) is 6.34. The minimum atomic E-state index is -0.679. The molecule has 2 aliphatic rings. The quantitative estimate of drug-likeness (QED) is 0.771. The number of ether oxygens (including phenoxy) is 1. The molecule has 0 spiro atoms. The first-order valence-electron chi connectivity index (χ1n) is 6.34. The third kappa shape index (κ3) is 1.97. The average molecular weight is 241 g/mol. The minimum absolute atomic E-state index is 0.0671. The molecule has 0 aromatic carbocycles. The second-order valence-electron chi connectivity index (χ2n) is 6.61. The van der Waals surface area contributed by atoms with Crippen molar-refractivity contribution in [2.24, 2.45) is 11.3 Å². The first kappa shape index (κ1) is 12.8. The van der Waals surface area contributed by atoms with E-state index >= 15 is 0 Å². The highest BCUT2D eigenvalue weighted by Gasteiger charge is 2.59. The third-order valence-corrected chi connectivity index (χ3v) is 4.36. The van der Waals surface area contributed by atoms with Crippen molar-refractivity contribution < 1.29 is 14.6 Å². The highest BCUT2D eigenvalue weighted by Crippen LogP contribution is 2.52. The van der Waals surface area contributed by atoms with Crippen LogP contribution in [-0.2, 0) is 9.53 Å². The maximum atomic E-state index is 11.7. The van der Waals surface area contributed by atoms with Gasteiger partial charge in [0.2, 0.25) is 0 Å². The molecular weight excluding hydrogens is 218 g/mol. The van der Waals surface area contributed by atoms with Crippen LogP contribution in [0.25, 0.3) is 0 Å². The van der Waals surface area contributed by atoms with Gasteiger partial charge >= 0.3 is 5.97 Å². The van der Waals surface area contributed by atoms with Crippen LogP contribution in [0.5, 0.6) is 0 Å². The van der Waals surface area contributed by atoms with E-state index in [4.69, 9.17) is 4.74 Å². The van der Waals surface area contributed by atoms with Crippen molar-refractivity contribution in [1.82, 2.24) is 5.32 Å². The molecule has 2 rings (SSSR count). The Bertz CT molecular complexity index is 330. The summed E-state index contributed by atoms with van der Waals surface area (Å²) in [4.78, 5) is 11.7. The van der Waals surface area contributed by atoms with Crippen molar-refractivity contribution in [1.29, 1.82) is 0 Å². The Morgan fingerprint density at radius 1 is 1.35 bits per heavy atom. The van der Waals surface area contributed by atoms with Crippen molar-refractivity contribution in [2.45, 2.75) is 51.7 Å². The van der Waals surface area contributed by atoms with E-state index in [1.54, 1.807) is 0 Å². The summed E-state index contributed by atoms with van der Waals surface area (Å²) in [5, 5.41) is 12.8. The van der Waals surface area contributed by atoms with E-state index in [0.29, 0.717) is 13.0 Å². The molecule has 4 nitrogen and oxygen atoms in total. The summed E-state index contributed by atoms with van der Waals surface area (Å²) >= 11 is 0. The molecule has 2 aliphatic heterocycles. The van der Waals surface area contributed by atoms with Crippen LogP contribution in [0.15, 0.2) is 0 Å². The largest absolute Gasteiger partial charge is 0.481 e. The number of nitrogens with one attached hydrogen (secondary N) is 1. The molecule has 2 saturated heterocycles. The number of hydrogen-bond donors (Lipinski definition) is 2. The predicted octanol–water partition coefficient (Wildman–Crippen LogP) is 1.64. The lowest BCUT2D eigenvalue weighted by Gasteiger charge is -2.37. The van der Waals surface area contributed by atoms with Crippen molar-refractivity contribution in [3.8, 4) is 0 Å². The van der Waals surface area contributed by atoms with Gasteiger partial charge in [0.1, 0.15) is 0 Å². The van der Waals surface area contributed by atoms with Gasteiger partial charge in [0.25, 0.3) is 0 Å². The van der Waals surface area contributed by atoms with Gasteiger partial charge in [-0.2, -0.15) is 0 Å². The monoisotopic (exact) mass is 241 g/mol. The molecular formula is C13H23NO3. The molecule has 0 aliphatic carbocycles. The first-order chi connectivity index (χ1) is 7.70. The van der Waals surface area contributed by atoms with Crippen LogP contribution in [0, 0.1) is 11.3 Å². The highest BCUT2D eigenvalue weighted by molar-refractivity contribution is 5.76. The van der Waals surface area contributed by atoms with Crippen LogP contribution < -0.4 is 5.32 Å². The summed E-state index contributed by atoms with van der Waals surface area (Å²) in [5.74, 6) is -0.612. The van der Waals surface area contributed by atoms with Crippen LogP contribution in [0.4, 0.5) is 0 Å². The fourth-order valence-electron chi connectivity index (χ4n) is 3.76. The fraction of sp³-hybridized carbons (Fsp3) is 0.923. The second kappa shape index (κ2) is 3.69. The number of rotatable bonds is 2. The third-order valence-electron chi connectivity index (χ3n) is 4.36.